The molecule has 2 aromatic rings. The van der Waals surface area contributed by atoms with Gasteiger partial charge in [-0.2, -0.15) is 5.26 Å². The summed E-state index contributed by atoms with van der Waals surface area (Å²) in [4.78, 5) is 13.1. The number of thiophene rings is 1. The molecule has 0 bridgehead atoms. The van der Waals surface area contributed by atoms with Gasteiger partial charge in [-0.3, -0.25) is 4.79 Å². The van der Waals surface area contributed by atoms with E-state index < -0.39 is 0 Å². The molecule has 1 unspecified atom stereocenters. The molecule has 1 aliphatic carbocycles. The number of rotatable bonds is 3. The average Bonchev–Trinajstić information content (AvgIpc) is 2.89. The van der Waals surface area contributed by atoms with E-state index in [0.29, 0.717) is 29.8 Å². The lowest BCUT2D eigenvalue weighted by atomic mass is 9.94. The van der Waals surface area contributed by atoms with Crippen LogP contribution in [0.4, 0.5) is 5.00 Å². The van der Waals surface area contributed by atoms with E-state index in [-0.39, 0.29) is 12.0 Å². The maximum atomic E-state index is 12.1. The van der Waals surface area contributed by atoms with Crippen molar-refractivity contribution in [2.75, 3.05) is 5.32 Å². The van der Waals surface area contributed by atoms with Crippen molar-refractivity contribution in [3.63, 3.8) is 0 Å². The zero-order chi connectivity index (χ0) is 16.2. The number of benzene rings is 1. The van der Waals surface area contributed by atoms with Crippen molar-refractivity contribution in [1.82, 2.24) is 0 Å². The first kappa shape index (κ1) is 15.5. The Balaban J connectivity index is 1.77. The van der Waals surface area contributed by atoms with E-state index in [1.165, 1.54) is 17.4 Å². The number of nitriles is 1. The molecule has 0 saturated heterocycles. The van der Waals surface area contributed by atoms with Crippen molar-refractivity contribution in [3.8, 4) is 6.07 Å². The van der Waals surface area contributed by atoms with Gasteiger partial charge in [-0.15, -0.1) is 11.3 Å². The van der Waals surface area contributed by atoms with Crippen LogP contribution in [-0.4, -0.2) is 17.1 Å². The van der Waals surface area contributed by atoms with Crippen LogP contribution in [0.15, 0.2) is 36.4 Å². The van der Waals surface area contributed by atoms with Crippen LogP contribution in [0.25, 0.3) is 6.08 Å². The molecule has 1 aromatic heterocycles. The standard InChI is InChI=1S/C18H16N2O2S/c19-11-15-14-8-7-13(21)10-16(14)23-18(15)20-17(22)9-6-12-4-2-1-3-5-12/h1-6,9,13,21H,7-8,10H2,(H,20,22). The molecule has 1 aromatic carbocycles. The second-order valence-electron chi connectivity index (χ2n) is 5.45. The van der Waals surface area contributed by atoms with Gasteiger partial charge >= 0.3 is 0 Å². The predicted molar refractivity (Wildman–Crippen MR) is 91.2 cm³/mol. The predicted octanol–water partition coefficient (Wildman–Crippen LogP) is 3.12. The van der Waals surface area contributed by atoms with E-state index in [1.807, 2.05) is 30.3 Å². The molecule has 1 amide bonds. The largest absolute Gasteiger partial charge is 0.393 e. The number of fused-ring (bicyclic) bond motifs is 1. The second kappa shape index (κ2) is 6.78. The van der Waals surface area contributed by atoms with E-state index in [2.05, 4.69) is 11.4 Å². The molecule has 0 fully saturated rings. The Labute approximate surface area is 138 Å². The third-order valence-electron chi connectivity index (χ3n) is 3.81. The minimum Gasteiger partial charge on any atom is -0.393 e. The SMILES string of the molecule is N#Cc1c(NC(=O)C=Cc2ccccc2)sc2c1CCC(O)C2. The highest BCUT2D eigenvalue weighted by Crippen LogP contribution is 2.37. The number of aliphatic hydroxyl groups excluding tert-OH is 1. The third kappa shape index (κ3) is 3.50. The van der Waals surface area contributed by atoms with Crippen LogP contribution >= 0.6 is 11.3 Å². The fourth-order valence-corrected chi connectivity index (χ4v) is 3.94. The summed E-state index contributed by atoms with van der Waals surface area (Å²) < 4.78 is 0. The summed E-state index contributed by atoms with van der Waals surface area (Å²) in [6, 6.07) is 11.7. The van der Waals surface area contributed by atoms with Gasteiger partial charge in [-0.1, -0.05) is 30.3 Å². The van der Waals surface area contributed by atoms with Crippen molar-refractivity contribution in [1.29, 1.82) is 5.26 Å². The van der Waals surface area contributed by atoms with Crippen LogP contribution < -0.4 is 5.32 Å². The number of nitrogens with one attached hydrogen (secondary N) is 1. The van der Waals surface area contributed by atoms with Crippen molar-refractivity contribution >= 4 is 28.3 Å². The summed E-state index contributed by atoms with van der Waals surface area (Å²) in [6.07, 6.45) is 4.76. The Morgan fingerprint density at radius 3 is 2.91 bits per heavy atom. The van der Waals surface area contributed by atoms with Crippen LogP contribution in [0.2, 0.25) is 0 Å². The monoisotopic (exact) mass is 324 g/mol. The van der Waals surface area contributed by atoms with Crippen LogP contribution in [0.3, 0.4) is 0 Å². The van der Waals surface area contributed by atoms with Gasteiger partial charge in [-0.25, -0.2) is 0 Å². The van der Waals surface area contributed by atoms with Gasteiger partial charge in [0.05, 0.1) is 11.7 Å². The van der Waals surface area contributed by atoms with Gasteiger partial charge in [0, 0.05) is 17.4 Å². The third-order valence-corrected chi connectivity index (χ3v) is 4.98. The molecular weight excluding hydrogens is 308 g/mol. The molecule has 1 aliphatic rings. The minimum atomic E-state index is -0.353. The molecule has 1 heterocycles. The van der Waals surface area contributed by atoms with E-state index in [9.17, 15) is 15.2 Å². The zero-order valence-corrected chi connectivity index (χ0v) is 13.3. The first-order valence-electron chi connectivity index (χ1n) is 7.44. The van der Waals surface area contributed by atoms with Crippen molar-refractivity contribution < 1.29 is 9.90 Å². The summed E-state index contributed by atoms with van der Waals surface area (Å²) in [7, 11) is 0. The minimum absolute atomic E-state index is 0.260. The summed E-state index contributed by atoms with van der Waals surface area (Å²) >= 11 is 1.39. The van der Waals surface area contributed by atoms with Crippen LogP contribution in [-0.2, 0) is 17.6 Å². The molecule has 23 heavy (non-hydrogen) atoms. The average molecular weight is 324 g/mol. The van der Waals surface area contributed by atoms with Crippen molar-refractivity contribution in [3.05, 3.63) is 58.0 Å². The maximum absolute atomic E-state index is 12.1. The van der Waals surface area contributed by atoms with Crippen LogP contribution in [0, 0.1) is 11.3 Å². The number of amides is 1. The van der Waals surface area contributed by atoms with E-state index >= 15 is 0 Å². The number of carbonyl (C=O) groups is 1. The molecular formula is C18H16N2O2S. The molecule has 5 heteroatoms. The zero-order valence-electron chi connectivity index (χ0n) is 12.5. The van der Waals surface area contributed by atoms with Crippen molar-refractivity contribution in [2.45, 2.75) is 25.4 Å². The molecule has 4 nitrogen and oxygen atoms in total. The Kier molecular flexibility index (Phi) is 4.56. The van der Waals surface area contributed by atoms with E-state index in [0.717, 1.165) is 16.0 Å². The lowest BCUT2D eigenvalue weighted by Crippen LogP contribution is -2.17. The summed E-state index contributed by atoms with van der Waals surface area (Å²) in [5.41, 5.74) is 2.46. The quantitative estimate of drug-likeness (QED) is 0.852. The highest BCUT2D eigenvalue weighted by atomic mass is 32.1. The fourth-order valence-electron chi connectivity index (χ4n) is 2.66. The Hall–Kier alpha value is -2.42. The summed E-state index contributed by atoms with van der Waals surface area (Å²) in [6.45, 7) is 0. The Morgan fingerprint density at radius 2 is 2.17 bits per heavy atom. The van der Waals surface area contributed by atoms with E-state index in [4.69, 9.17) is 0 Å². The first-order valence-corrected chi connectivity index (χ1v) is 8.26. The topological polar surface area (TPSA) is 73.1 Å². The van der Waals surface area contributed by atoms with Gasteiger partial charge in [0.1, 0.15) is 11.1 Å². The molecule has 1 atom stereocenters. The van der Waals surface area contributed by atoms with Gasteiger partial charge in [0.15, 0.2) is 0 Å². The Morgan fingerprint density at radius 1 is 1.39 bits per heavy atom. The highest BCUT2D eigenvalue weighted by molar-refractivity contribution is 7.16. The first-order chi connectivity index (χ1) is 11.2. The fraction of sp³-hybridized carbons (Fsp3) is 0.222. The lowest BCUT2D eigenvalue weighted by Gasteiger charge is -2.16. The number of hydrogen-bond donors (Lipinski definition) is 2. The van der Waals surface area contributed by atoms with E-state index in [1.54, 1.807) is 6.08 Å². The van der Waals surface area contributed by atoms with Gasteiger partial charge < -0.3 is 10.4 Å². The van der Waals surface area contributed by atoms with Gasteiger partial charge in [-0.05, 0) is 30.0 Å². The maximum Gasteiger partial charge on any atom is 0.249 e. The second-order valence-corrected chi connectivity index (χ2v) is 6.55. The van der Waals surface area contributed by atoms with Gasteiger partial charge in [0.25, 0.3) is 0 Å². The molecule has 0 radical (unpaired) electrons. The van der Waals surface area contributed by atoms with Crippen molar-refractivity contribution in [2.24, 2.45) is 0 Å². The number of hydrogen-bond acceptors (Lipinski definition) is 4. The number of aliphatic hydroxyl groups is 1. The Bertz CT molecular complexity index is 787. The molecule has 2 N–H and O–H groups in total. The molecule has 0 saturated carbocycles. The molecule has 0 aliphatic heterocycles. The summed E-state index contributed by atoms with van der Waals surface area (Å²) in [5.74, 6) is -0.260. The molecule has 3 rings (SSSR count). The molecule has 0 spiro atoms. The lowest BCUT2D eigenvalue weighted by molar-refractivity contribution is -0.111. The summed E-state index contributed by atoms with van der Waals surface area (Å²) in [5, 5.41) is 22.5. The number of carbonyl (C=O) groups excluding carboxylic acids is 1. The van der Waals surface area contributed by atoms with Crippen LogP contribution in [0.5, 0.6) is 0 Å². The van der Waals surface area contributed by atoms with Crippen LogP contribution in [0.1, 0.15) is 28.0 Å². The highest BCUT2D eigenvalue weighted by Gasteiger charge is 2.25. The molecule has 116 valence electrons. The van der Waals surface area contributed by atoms with Gasteiger partial charge in [0.2, 0.25) is 5.91 Å². The number of nitrogens with zero attached hydrogens (tertiary/aromatic N) is 1. The number of anilines is 1. The normalized spacial score (nSPS) is 16.8. The smallest absolute Gasteiger partial charge is 0.249 e.